The average Bonchev–Trinajstić information content (AvgIpc) is 3.19. The number of aliphatic hydroxyl groups is 1. The standard InChI is InChI=1S/C17H24N2O2S/c1-13(18-16(20)17(21)7-10-22-12-17)14-5-4-6-15(11-14)19-8-2-3-9-19/h4-6,11,13,21H,2-3,7-10,12H2,1H3,(H,18,20). The lowest BCUT2D eigenvalue weighted by Gasteiger charge is -2.25. The van der Waals surface area contributed by atoms with Gasteiger partial charge in [0.25, 0.3) is 5.91 Å². The van der Waals surface area contributed by atoms with Gasteiger partial charge in [0.05, 0.1) is 6.04 Å². The van der Waals surface area contributed by atoms with Crippen molar-refractivity contribution in [3.63, 3.8) is 0 Å². The molecule has 2 aliphatic rings. The summed E-state index contributed by atoms with van der Waals surface area (Å²) in [5, 5.41) is 13.3. The Kier molecular flexibility index (Phi) is 4.64. The highest BCUT2D eigenvalue weighted by Gasteiger charge is 2.39. The van der Waals surface area contributed by atoms with E-state index in [4.69, 9.17) is 0 Å². The second-order valence-corrected chi connectivity index (χ2v) is 7.42. The summed E-state index contributed by atoms with van der Waals surface area (Å²) < 4.78 is 0. The van der Waals surface area contributed by atoms with E-state index in [1.807, 2.05) is 19.1 Å². The molecule has 22 heavy (non-hydrogen) atoms. The minimum Gasteiger partial charge on any atom is -0.379 e. The number of hydrogen-bond donors (Lipinski definition) is 2. The van der Waals surface area contributed by atoms with Crippen molar-refractivity contribution >= 4 is 23.4 Å². The van der Waals surface area contributed by atoms with Crippen molar-refractivity contribution in [1.82, 2.24) is 5.32 Å². The maximum Gasteiger partial charge on any atom is 0.253 e. The van der Waals surface area contributed by atoms with Crippen LogP contribution in [0, 0.1) is 0 Å². The van der Waals surface area contributed by atoms with Gasteiger partial charge in [-0.05, 0) is 49.6 Å². The molecular formula is C17H24N2O2S. The van der Waals surface area contributed by atoms with Crippen LogP contribution in [-0.2, 0) is 4.79 Å². The molecule has 2 N–H and O–H groups in total. The molecule has 2 aliphatic heterocycles. The van der Waals surface area contributed by atoms with Gasteiger partial charge in [-0.2, -0.15) is 11.8 Å². The number of carbonyl (C=O) groups is 1. The molecule has 0 bridgehead atoms. The molecule has 5 heteroatoms. The van der Waals surface area contributed by atoms with E-state index < -0.39 is 5.60 Å². The topological polar surface area (TPSA) is 52.6 Å². The van der Waals surface area contributed by atoms with Crippen molar-refractivity contribution in [3.05, 3.63) is 29.8 Å². The lowest BCUT2D eigenvalue weighted by molar-refractivity contribution is -0.137. The summed E-state index contributed by atoms with van der Waals surface area (Å²) in [5.74, 6) is 1.11. The summed E-state index contributed by atoms with van der Waals surface area (Å²) in [6.07, 6.45) is 3.05. The number of carbonyl (C=O) groups excluding carboxylic acids is 1. The molecule has 1 aromatic rings. The third kappa shape index (κ3) is 3.25. The number of thioether (sulfide) groups is 1. The van der Waals surface area contributed by atoms with Crippen LogP contribution in [0.25, 0.3) is 0 Å². The van der Waals surface area contributed by atoms with Crippen molar-refractivity contribution < 1.29 is 9.90 Å². The molecule has 2 saturated heterocycles. The van der Waals surface area contributed by atoms with Crippen molar-refractivity contribution in [2.45, 2.75) is 37.8 Å². The molecule has 0 radical (unpaired) electrons. The van der Waals surface area contributed by atoms with Gasteiger partial charge in [-0.25, -0.2) is 0 Å². The van der Waals surface area contributed by atoms with Gasteiger partial charge in [-0.3, -0.25) is 4.79 Å². The van der Waals surface area contributed by atoms with Crippen LogP contribution in [0.5, 0.6) is 0 Å². The largest absolute Gasteiger partial charge is 0.379 e. The highest BCUT2D eigenvalue weighted by atomic mass is 32.2. The quantitative estimate of drug-likeness (QED) is 0.894. The van der Waals surface area contributed by atoms with E-state index in [9.17, 15) is 9.90 Å². The minimum atomic E-state index is -1.19. The minimum absolute atomic E-state index is 0.0929. The van der Waals surface area contributed by atoms with Crippen LogP contribution in [0.15, 0.2) is 24.3 Å². The Morgan fingerprint density at radius 1 is 1.41 bits per heavy atom. The Morgan fingerprint density at radius 3 is 2.86 bits per heavy atom. The lowest BCUT2D eigenvalue weighted by Crippen LogP contribution is -2.47. The fraction of sp³-hybridized carbons (Fsp3) is 0.588. The van der Waals surface area contributed by atoms with Crippen molar-refractivity contribution in [2.24, 2.45) is 0 Å². The molecule has 0 saturated carbocycles. The summed E-state index contributed by atoms with van der Waals surface area (Å²) in [6, 6.07) is 8.28. The molecular weight excluding hydrogens is 296 g/mol. The van der Waals surface area contributed by atoms with Crippen molar-refractivity contribution in [1.29, 1.82) is 0 Å². The molecule has 0 aliphatic carbocycles. The van der Waals surface area contributed by atoms with Crippen LogP contribution in [0.1, 0.15) is 37.8 Å². The number of nitrogens with one attached hydrogen (secondary N) is 1. The number of anilines is 1. The molecule has 1 aromatic carbocycles. The maximum atomic E-state index is 12.3. The van der Waals surface area contributed by atoms with Crippen LogP contribution in [0.3, 0.4) is 0 Å². The van der Waals surface area contributed by atoms with Gasteiger partial charge in [0.1, 0.15) is 0 Å². The first-order valence-electron chi connectivity index (χ1n) is 8.04. The summed E-state index contributed by atoms with van der Waals surface area (Å²) in [4.78, 5) is 14.7. The number of nitrogens with zero attached hydrogens (tertiary/aromatic N) is 1. The monoisotopic (exact) mass is 320 g/mol. The average molecular weight is 320 g/mol. The number of rotatable bonds is 4. The first kappa shape index (κ1) is 15.7. The molecule has 0 spiro atoms. The van der Waals surface area contributed by atoms with Gasteiger partial charge < -0.3 is 15.3 Å². The zero-order valence-electron chi connectivity index (χ0n) is 13.0. The first-order chi connectivity index (χ1) is 10.6. The molecule has 2 fully saturated rings. The van der Waals surface area contributed by atoms with Crippen LogP contribution in [0.2, 0.25) is 0 Å². The lowest BCUT2D eigenvalue weighted by atomic mass is 10.0. The van der Waals surface area contributed by atoms with E-state index in [1.54, 1.807) is 11.8 Å². The smallest absolute Gasteiger partial charge is 0.253 e. The van der Waals surface area contributed by atoms with E-state index in [0.717, 1.165) is 24.4 Å². The normalized spacial score (nSPS) is 26.2. The molecule has 120 valence electrons. The highest BCUT2D eigenvalue weighted by Crippen LogP contribution is 2.29. The van der Waals surface area contributed by atoms with E-state index in [2.05, 4.69) is 22.3 Å². The summed E-state index contributed by atoms with van der Waals surface area (Å²) >= 11 is 1.63. The molecule has 3 rings (SSSR count). The third-order valence-electron chi connectivity index (χ3n) is 4.61. The van der Waals surface area contributed by atoms with Crippen molar-refractivity contribution in [2.75, 3.05) is 29.5 Å². The summed E-state index contributed by atoms with van der Waals surface area (Å²) in [7, 11) is 0. The van der Waals surface area contributed by atoms with Gasteiger partial charge >= 0.3 is 0 Å². The fourth-order valence-corrected chi connectivity index (χ4v) is 4.35. The molecule has 0 aromatic heterocycles. The highest BCUT2D eigenvalue weighted by molar-refractivity contribution is 7.99. The summed E-state index contributed by atoms with van der Waals surface area (Å²) in [5.41, 5.74) is 1.13. The van der Waals surface area contributed by atoms with E-state index in [-0.39, 0.29) is 11.9 Å². The Bertz CT molecular complexity index is 537. The Balaban J connectivity index is 1.68. The fourth-order valence-electron chi connectivity index (χ4n) is 3.11. The SMILES string of the molecule is CC(NC(=O)C1(O)CCSC1)c1cccc(N2CCCC2)c1. The van der Waals surface area contributed by atoms with Crippen LogP contribution in [0.4, 0.5) is 5.69 Å². The van der Waals surface area contributed by atoms with Crippen LogP contribution >= 0.6 is 11.8 Å². The summed E-state index contributed by atoms with van der Waals surface area (Å²) in [6.45, 7) is 4.20. The van der Waals surface area contributed by atoms with E-state index >= 15 is 0 Å². The Labute approximate surface area is 136 Å². The van der Waals surface area contributed by atoms with Gasteiger partial charge in [-0.1, -0.05) is 12.1 Å². The molecule has 2 heterocycles. The van der Waals surface area contributed by atoms with E-state index in [1.165, 1.54) is 18.5 Å². The third-order valence-corrected chi connectivity index (χ3v) is 5.79. The van der Waals surface area contributed by atoms with Gasteiger partial charge in [0, 0.05) is 24.5 Å². The molecule has 2 unspecified atom stereocenters. The Hall–Kier alpha value is -1.20. The zero-order chi connectivity index (χ0) is 15.6. The predicted molar refractivity (Wildman–Crippen MR) is 91.3 cm³/mol. The van der Waals surface area contributed by atoms with Gasteiger partial charge in [-0.15, -0.1) is 0 Å². The van der Waals surface area contributed by atoms with E-state index in [0.29, 0.717) is 12.2 Å². The molecule has 1 amide bonds. The first-order valence-corrected chi connectivity index (χ1v) is 9.20. The zero-order valence-corrected chi connectivity index (χ0v) is 13.9. The molecule has 4 nitrogen and oxygen atoms in total. The van der Waals surface area contributed by atoms with Crippen LogP contribution < -0.4 is 10.2 Å². The van der Waals surface area contributed by atoms with Crippen molar-refractivity contribution in [3.8, 4) is 0 Å². The Morgan fingerprint density at radius 2 is 2.18 bits per heavy atom. The van der Waals surface area contributed by atoms with Crippen LogP contribution in [-0.4, -0.2) is 41.2 Å². The number of hydrogen-bond acceptors (Lipinski definition) is 4. The predicted octanol–water partition coefficient (Wildman–Crippen LogP) is 2.33. The maximum absolute atomic E-state index is 12.3. The van der Waals surface area contributed by atoms with Gasteiger partial charge in [0.15, 0.2) is 5.60 Å². The number of benzene rings is 1. The second kappa shape index (κ2) is 6.50. The number of amides is 1. The van der Waals surface area contributed by atoms with Gasteiger partial charge in [0.2, 0.25) is 0 Å². The second-order valence-electron chi connectivity index (χ2n) is 6.32. The molecule has 2 atom stereocenters.